The SMILES string of the molecule is COC(=O)[C@H]1C[C@@H](NCc2ccc(-c3ccccc3-c3nnnn3C(c3ccccc3)(c3ccccc3)c3ccccc3)cc2)CN1C(=O)C(c1ccccc1)c1ccccc1. The molecule has 1 aromatic heterocycles. The van der Waals surface area contributed by atoms with Crippen molar-refractivity contribution >= 4 is 11.9 Å². The van der Waals surface area contributed by atoms with E-state index < -0.39 is 23.5 Å². The highest BCUT2D eigenvalue weighted by atomic mass is 16.5. The molecule has 8 aromatic rings. The molecule has 1 N–H and O–H groups in total. The zero-order valence-corrected chi connectivity index (χ0v) is 34.4. The largest absolute Gasteiger partial charge is 0.467 e. The fraction of sp³-hybridized carbons (Fsp3) is 0.151. The lowest BCUT2D eigenvalue weighted by molar-refractivity contribution is -0.151. The maximum Gasteiger partial charge on any atom is 0.328 e. The summed E-state index contributed by atoms with van der Waals surface area (Å²) >= 11 is 0. The van der Waals surface area contributed by atoms with Gasteiger partial charge in [-0.3, -0.25) is 4.79 Å². The highest BCUT2D eigenvalue weighted by molar-refractivity contribution is 5.91. The van der Waals surface area contributed by atoms with E-state index in [1.54, 1.807) is 4.90 Å². The van der Waals surface area contributed by atoms with Crippen molar-refractivity contribution in [2.45, 2.75) is 36.5 Å². The Kier molecular flexibility index (Phi) is 11.6. The Balaban J connectivity index is 0.989. The Morgan fingerprint density at radius 1 is 0.645 bits per heavy atom. The minimum atomic E-state index is -0.886. The van der Waals surface area contributed by atoms with Crippen molar-refractivity contribution in [1.29, 1.82) is 0 Å². The van der Waals surface area contributed by atoms with Crippen LogP contribution in [0.5, 0.6) is 0 Å². The second-order valence-corrected chi connectivity index (χ2v) is 15.6. The number of aromatic nitrogens is 4. The summed E-state index contributed by atoms with van der Waals surface area (Å²) in [5.41, 5.74) is 7.92. The Hall–Kier alpha value is -7.49. The predicted octanol–water partition coefficient (Wildman–Crippen LogP) is 8.91. The summed E-state index contributed by atoms with van der Waals surface area (Å²) < 4.78 is 7.19. The molecule has 2 atom stereocenters. The number of carbonyl (C=O) groups excluding carboxylic acids is 2. The number of amides is 1. The Morgan fingerprint density at radius 2 is 1.13 bits per heavy atom. The van der Waals surface area contributed by atoms with E-state index in [0.717, 1.165) is 50.1 Å². The summed E-state index contributed by atoms with van der Waals surface area (Å²) in [4.78, 5) is 29.3. The number of hydrogen-bond donors (Lipinski definition) is 1. The minimum absolute atomic E-state index is 0.117. The van der Waals surface area contributed by atoms with E-state index in [1.807, 2.05) is 95.7 Å². The summed E-state index contributed by atoms with van der Waals surface area (Å²) in [5, 5.41) is 17.5. The third-order valence-electron chi connectivity index (χ3n) is 12.0. The molecule has 0 unspecified atom stereocenters. The molecular formula is C53H46N6O3. The topological polar surface area (TPSA) is 102 Å². The van der Waals surface area contributed by atoms with E-state index in [1.165, 1.54) is 7.11 Å². The molecule has 0 saturated carbocycles. The molecule has 1 saturated heterocycles. The molecule has 306 valence electrons. The Morgan fingerprint density at radius 3 is 1.65 bits per heavy atom. The van der Waals surface area contributed by atoms with Gasteiger partial charge in [-0.1, -0.05) is 200 Å². The van der Waals surface area contributed by atoms with Gasteiger partial charge in [0.1, 0.15) is 11.6 Å². The van der Waals surface area contributed by atoms with Crippen LogP contribution in [0.3, 0.4) is 0 Å². The summed E-state index contributed by atoms with van der Waals surface area (Å²) in [7, 11) is 1.38. The van der Waals surface area contributed by atoms with Gasteiger partial charge in [-0.15, -0.1) is 5.10 Å². The number of likely N-dealkylation sites (tertiary alicyclic amines) is 1. The zero-order valence-electron chi connectivity index (χ0n) is 34.4. The number of tetrazole rings is 1. The van der Waals surface area contributed by atoms with Crippen LogP contribution >= 0.6 is 0 Å². The van der Waals surface area contributed by atoms with Crippen LogP contribution in [0.15, 0.2) is 200 Å². The smallest absolute Gasteiger partial charge is 0.328 e. The van der Waals surface area contributed by atoms with Crippen molar-refractivity contribution in [2.75, 3.05) is 13.7 Å². The molecule has 0 bridgehead atoms. The van der Waals surface area contributed by atoms with Gasteiger partial charge >= 0.3 is 5.97 Å². The lowest BCUT2D eigenvalue weighted by Gasteiger charge is -2.36. The Labute approximate surface area is 361 Å². The molecule has 0 aliphatic carbocycles. The zero-order chi connectivity index (χ0) is 42.3. The van der Waals surface area contributed by atoms with E-state index in [-0.39, 0.29) is 11.9 Å². The number of nitrogens with zero attached hydrogens (tertiary/aromatic N) is 5. The minimum Gasteiger partial charge on any atom is -0.467 e. The fourth-order valence-corrected chi connectivity index (χ4v) is 9.00. The van der Waals surface area contributed by atoms with Crippen LogP contribution in [-0.2, 0) is 26.4 Å². The molecule has 1 aliphatic heterocycles. The summed E-state index contributed by atoms with van der Waals surface area (Å²) in [6, 6.07) is 66.5. The van der Waals surface area contributed by atoms with Crippen LogP contribution in [0.4, 0.5) is 0 Å². The van der Waals surface area contributed by atoms with Gasteiger partial charge in [-0.25, -0.2) is 9.48 Å². The monoisotopic (exact) mass is 814 g/mol. The van der Waals surface area contributed by atoms with E-state index in [9.17, 15) is 9.59 Å². The van der Waals surface area contributed by atoms with E-state index in [2.05, 4.69) is 120 Å². The first-order valence-electron chi connectivity index (χ1n) is 20.9. The van der Waals surface area contributed by atoms with Crippen LogP contribution < -0.4 is 5.32 Å². The number of benzene rings is 7. The molecule has 1 aliphatic rings. The number of carbonyl (C=O) groups is 2. The highest BCUT2D eigenvalue weighted by Crippen LogP contribution is 2.43. The summed E-state index contributed by atoms with van der Waals surface area (Å²) in [6.07, 6.45) is 0.450. The molecule has 7 aromatic carbocycles. The van der Waals surface area contributed by atoms with Crippen molar-refractivity contribution in [1.82, 2.24) is 30.4 Å². The van der Waals surface area contributed by atoms with Crippen LogP contribution in [0, 0.1) is 0 Å². The lowest BCUT2D eigenvalue weighted by atomic mass is 9.77. The van der Waals surface area contributed by atoms with Gasteiger partial charge in [0.15, 0.2) is 5.82 Å². The Bertz CT molecular complexity index is 2590. The van der Waals surface area contributed by atoms with Crippen molar-refractivity contribution in [3.8, 4) is 22.5 Å². The maximum absolute atomic E-state index is 14.5. The average molecular weight is 815 g/mol. The highest BCUT2D eigenvalue weighted by Gasteiger charge is 2.44. The van der Waals surface area contributed by atoms with Crippen molar-refractivity contribution < 1.29 is 14.3 Å². The van der Waals surface area contributed by atoms with E-state index >= 15 is 0 Å². The molecule has 9 nitrogen and oxygen atoms in total. The van der Waals surface area contributed by atoms with Crippen LogP contribution in [0.2, 0.25) is 0 Å². The molecule has 62 heavy (non-hydrogen) atoms. The average Bonchev–Trinajstić information content (AvgIpc) is 4.02. The van der Waals surface area contributed by atoms with Gasteiger partial charge < -0.3 is 15.0 Å². The molecule has 9 rings (SSSR count). The molecule has 1 fully saturated rings. The second kappa shape index (κ2) is 18.0. The maximum atomic E-state index is 14.5. The second-order valence-electron chi connectivity index (χ2n) is 15.6. The molecular weight excluding hydrogens is 769 g/mol. The number of nitrogens with one attached hydrogen (secondary N) is 1. The quantitative estimate of drug-likeness (QED) is 0.0917. The van der Waals surface area contributed by atoms with E-state index in [0.29, 0.717) is 25.3 Å². The van der Waals surface area contributed by atoms with Gasteiger partial charge in [0, 0.05) is 24.7 Å². The number of hydrogen-bond acceptors (Lipinski definition) is 7. The fourth-order valence-electron chi connectivity index (χ4n) is 9.00. The number of methoxy groups -OCH3 is 1. The normalized spacial score (nSPS) is 15.1. The van der Waals surface area contributed by atoms with Crippen molar-refractivity contribution in [2.24, 2.45) is 0 Å². The van der Waals surface area contributed by atoms with Gasteiger partial charge in [0.2, 0.25) is 5.91 Å². The first-order valence-corrected chi connectivity index (χ1v) is 20.9. The van der Waals surface area contributed by atoms with Crippen LogP contribution in [0.25, 0.3) is 22.5 Å². The van der Waals surface area contributed by atoms with E-state index in [4.69, 9.17) is 15.0 Å². The number of esters is 1. The molecule has 9 heteroatoms. The van der Waals surface area contributed by atoms with Crippen molar-refractivity contribution in [3.05, 3.63) is 234 Å². The predicted molar refractivity (Wildman–Crippen MR) is 241 cm³/mol. The number of ether oxygens (including phenoxy) is 1. The summed E-state index contributed by atoms with van der Waals surface area (Å²) in [5.74, 6) is -0.449. The van der Waals surface area contributed by atoms with Crippen molar-refractivity contribution in [3.63, 3.8) is 0 Å². The first-order chi connectivity index (χ1) is 30.6. The molecule has 0 spiro atoms. The third kappa shape index (κ3) is 7.70. The van der Waals surface area contributed by atoms with Gasteiger partial charge in [-0.05, 0) is 61.4 Å². The molecule has 1 amide bonds. The first kappa shape index (κ1) is 39.9. The summed E-state index contributed by atoms with van der Waals surface area (Å²) in [6.45, 7) is 0.931. The molecule has 2 heterocycles. The lowest BCUT2D eigenvalue weighted by Crippen LogP contribution is -2.44. The van der Waals surface area contributed by atoms with Crippen LogP contribution in [0.1, 0.15) is 45.7 Å². The molecule has 0 radical (unpaired) electrons. The van der Waals surface area contributed by atoms with Gasteiger partial charge in [0.25, 0.3) is 0 Å². The standard InChI is InChI=1S/C53H46N6O3/c1-62-52(61)48-35-45(37-58(48)51(60)49(40-19-7-2-8-20-40)41-21-9-3-10-22-41)54-36-38-31-33-39(34-32-38)46-29-17-18-30-47(46)50-55-56-57-59(50)53(42-23-11-4-12-24-42,43-25-13-5-14-26-43)44-27-15-6-16-28-44/h2-34,45,48-49,54H,35-37H2,1H3/t45-,48-/m1/s1. The number of rotatable bonds is 13. The van der Waals surface area contributed by atoms with Crippen LogP contribution in [-0.4, -0.2) is 62.7 Å². The van der Waals surface area contributed by atoms with Gasteiger partial charge in [-0.2, -0.15) is 0 Å². The van der Waals surface area contributed by atoms with Gasteiger partial charge in [0.05, 0.1) is 13.0 Å². The third-order valence-corrected chi connectivity index (χ3v) is 12.0.